The smallest absolute Gasteiger partial charge is 0.252 e. The molecule has 0 fully saturated rings. The lowest BCUT2D eigenvalue weighted by Gasteiger charge is -2.03. The Morgan fingerprint density at radius 2 is 1.89 bits per heavy atom. The summed E-state index contributed by atoms with van der Waals surface area (Å²) >= 11 is 6.93. The predicted molar refractivity (Wildman–Crippen MR) is 105 cm³/mol. The number of hydrogen-bond donors (Lipinski definition) is 1. The van der Waals surface area contributed by atoms with E-state index in [1.165, 1.54) is 30.0 Å². The second-order valence-electron chi connectivity index (χ2n) is 5.73. The first-order valence-electron chi connectivity index (χ1n) is 8.16. The summed E-state index contributed by atoms with van der Waals surface area (Å²) in [6, 6.07) is 15.1. The quantitative estimate of drug-likeness (QED) is 0.380. The van der Waals surface area contributed by atoms with Crippen LogP contribution in [0, 0.1) is 5.82 Å². The molecule has 0 aliphatic rings. The molecule has 0 amide bonds. The van der Waals surface area contributed by atoms with Gasteiger partial charge in [0.15, 0.2) is 5.16 Å². The van der Waals surface area contributed by atoms with Crippen molar-refractivity contribution < 1.29 is 8.91 Å². The van der Waals surface area contributed by atoms with Gasteiger partial charge in [0.25, 0.3) is 5.56 Å². The van der Waals surface area contributed by atoms with Gasteiger partial charge in [-0.25, -0.2) is 9.37 Å². The van der Waals surface area contributed by atoms with Gasteiger partial charge in [-0.1, -0.05) is 58.9 Å². The number of aromatic amines is 1. The number of rotatable bonds is 5. The van der Waals surface area contributed by atoms with Crippen molar-refractivity contribution in [3.63, 3.8) is 0 Å². The molecule has 0 bridgehead atoms. The minimum absolute atomic E-state index is 0.0244. The number of nitrogens with zero attached hydrogens (tertiary/aromatic N) is 3. The van der Waals surface area contributed by atoms with Gasteiger partial charge in [0.1, 0.15) is 5.82 Å². The van der Waals surface area contributed by atoms with Crippen LogP contribution >= 0.6 is 23.4 Å². The summed E-state index contributed by atoms with van der Waals surface area (Å²) in [5, 5.41) is 4.31. The Labute approximate surface area is 167 Å². The standard InChI is InChI=1S/C19H12ClFN4O2S/c20-13-7-6-12(8-14(13)21)18-24-17(27-25-18)10-28-19-22-15(9-16(26)23-19)11-4-2-1-3-5-11/h1-9H,10H2,(H,22,23,26). The molecule has 1 N–H and O–H groups in total. The Morgan fingerprint density at radius 3 is 2.68 bits per heavy atom. The second-order valence-corrected chi connectivity index (χ2v) is 7.10. The summed E-state index contributed by atoms with van der Waals surface area (Å²) < 4.78 is 18.8. The lowest BCUT2D eigenvalue weighted by atomic mass is 10.1. The van der Waals surface area contributed by atoms with Crippen LogP contribution in [0.25, 0.3) is 22.6 Å². The summed E-state index contributed by atoms with van der Waals surface area (Å²) in [7, 11) is 0. The van der Waals surface area contributed by atoms with Crippen molar-refractivity contribution in [3.8, 4) is 22.6 Å². The molecule has 2 aromatic carbocycles. The molecule has 4 rings (SSSR count). The third kappa shape index (κ3) is 4.13. The van der Waals surface area contributed by atoms with Gasteiger partial charge in [0, 0.05) is 17.2 Å². The van der Waals surface area contributed by atoms with E-state index in [9.17, 15) is 9.18 Å². The zero-order valence-electron chi connectivity index (χ0n) is 14.2. The van der Waals surface area contributed by atoms with Crippen LogP contribution in [0.3, 0.4) is 0 Å². The molecule has 28 heavy (non-hydrogen) atoms. The average molecular weight is 415 g/mol. The van der Waals surface area contributed by atoms with Crippen molar-refractivity contribution in [1.29, 1.82) is 0 Å². The van der Waals surface area contributed by atoms with Gasteiger partial charge < -0.3 is 9.51 Å². The molecule has 2 aromatic heterocycles. The summed E-state index contributed by atoms with van der Waals surface area (Å²) in [6.45, 7) is 0. The van der Waals surface area contributed by atoms with Crippen LogP contribution in [0.1, 0.15) is 5.89 Å². The van der Waals surface area contributed by atoms with Gasteiger partial charge in [0.2, 0.25) is 11.7 Å². The van der Waals surface area contributed by atoms with E-state index < -0.39 is 5.82 Å². The van der Waals surface area contributed by atoms with E-state index in [0.29, 0.717) is 28.1 Å². The van der Waals surface area contributed by atoms with Crippen LogP contribution in [0.4, 0.5) is 4.39 Å². The van der Waals surface area contributed by atoms with Crippen molar-refractivity contribution in [2.45, 2.75) is 10.9 Å². The van der Waals surface area contributed by atoms with E-state index in [2.05, 4.69) is 20.1 Å². The van der Waals surface area contributed by atoms with Crippen molar-refractivity contribution in [3.05, 3.63) is 81.7 Å². The molecule has 0 aliphatic carbocycles. The fourth-order valence-corrected chi connectivity index (χ4v) is 3.29. The monoisotopic (exact) mass is 414 g/mol. The number of benzene rings is 2. The lowest BCUT2D eigenvalue weighted by molar-refractivity contribution is 0.391. The minimum Gasteiger partial charge on any atom is -0.338 e. The van der Waals surface area contributed by atoms with Crippen LogP contribution in [0.15, 0.2) is 69.1 Å². The number of hydrogen-bond acceptors (Lipinski definition) is 6. The number of thioether (sulfide) groups is 1. The fraction of sp³-hybridized carbons (Fsp3) is 0.0526. The van der Waals surface area contributed by atoms with Crippen molar-refractivity contribution in [2.24, 2.45) is 0 Å². The van der Waals surface area contributed by atoms with Crippen LogP contribution in [0.5, 0.6) is 0 Å². The number of aromatic nitrogens is 4. The Kier molecular flexibility index (Phi) is 5.23. The highest BCUT2D eigenvalue weighted by molar-refractivity contribution is 7.98. The second kappa shape index (κ2) is 7.95. The molecule has 0 saturated carbocycles. The zero-order chi connectivity index (χ0) is 19.5. The van der Waals surface area contributed by atoms with Crippen LogP contribution < -0.4 is 5.56 Å². The van der Waals surface area contributed by atoms with Gasteiger partial charge in [-0.2, -0.15) is 4.98 Å². The molecule has 4 aromatic rings. The molecule has 0 radical (unpaired) electrons. The molecule has 0 aliphatic heterocycles. The van der Waals surface area contributed by atoms with Gasteiger partial charge in [-0.05, 0) is 18.2 Å². The maximum absolute atomic E-state index is 13.6. The topological polar surface area (TPSA) is 84.7 Å². The largest absolute Gasteiger partial charge is 0.338 e. The molecule has 2 heterocycles. The van der Waals surface area contributed by atoms with E-state index in [-0.39, 0.29) is 16.4 Å². The molecule has 6 nitrogen and oxygen atoms in total. The minimum atomic E-state index is -0.556. The molecule has 0 atom stereocenters. The molecular weight excluding hydrogens is 403 g/mol. The van der Waals surface area contributed by atoms with Gasteiger partial charge in [-0.3, -0.25) is 4.79 Å². The zero-order valence-corrected chi connectivity index (χ0v) is 15.8. The number of H-pyrrole nitrogens is 1. The molecule has 0 spiro atoms. The average Bonchev–Trinajstić information content (AvgIpc) is 3.18. The Bertz CT molecular complexity index is 1180. The summed E-state index contributed by atoms with van der Waals surface area (Å²) in [5.74, 6) is 0.317. The van der Waals surface area contributed by atoms with Crippen LogP contribution in [0.2, 0.25) is 5.02 Å². The highest BCUT2D eigenvalue weighted by atomic mass is 35.5. The van der Waals surface area contributed by atoms with Crippen LogP contribution in [-0.2, 0) is 5.75 Å². The third-order valence-electron chi connectivity index (χ3n) is 3.77. The first kappa shape index (κ1) is 18.4. The van der Waals surface area contributed by atoms with Crippen LogP contribution in [-0.4, -0.2) is 20.1 Å². The van der Waals surface area contributed by atoms with E-state index in [0.717, 1.165) is 5.56 Å². The summed E-state index contributed by atoms with van der Waals surface area (Å²) in [4.78, 5) is 23.3. The van der Waals surface area contributed by atoms with E-state index in [1.807, 2.05) is 30.3 Å². The Hall–Kier alpha value is -2.97. The van der Waals surface area contributed by atoms with E-state index in [4.69, 9.17) is 16.1 Å². The number of halogens is 2. The van der Waals surface area contributed by atoms with E-state index in [1.54, 1.807) is 6.07 Å². The SMILES string of the molecule is O=c1cc(-c2ccccc2)nc(SCc2nc(-c3ccc(Cl)c(F)c3)no2)[nH]1. The van der Waals surface area contributed by atoms with Crippen molar-refractivity contribution in [1.82, 2.24) is 20.1 Å². The Morgan fingerprint density at radius 1 is 1.07 bits per heavy atom. The normalized spacial score (nSPS) is 10.9. The highest BCUT2D eigenvalue weighted by Crippen LogP contribution is 2.25. The summed E-state index contributed by atoms with van der Waals surface area (Å²) in [6.07, 6.45) is 0. The molecule has 140 valence electrons. The predicted octanol–water partition coefficient (Wildman–Crippen LogP) is 4.57. The number of nitrogens with one attached hydrogen (secondary N) is 1. The third-order valence-corrected chi connectivity index (χ3v) is 4.93. The molecule has 9 heteroatoms. The maximum Gasteiger partial charge on any atom is 0.252 e. The van der Waals surface area contributed by atoms with Gasteiger partial charge in [0.05, 0.1) is 16.5 Å². The van der Waals surface area contributed by atoms with Gasteiger partial charge >= 0.3 is 0 Å². The van der Waals surface area contributed by atoms with E-state index >= 15 is 0 Å². The van der Waals surface area contributed by atoms with Crippen molar-refractivity contribution in [2.75, 3.05) is 0 Å². The first-order chi connectivity index (χ1) is 13.6. The highest BCUT2D eigenvalue weighted by Gasteiger charge is 2.12. The van der Waals surface area contributed by atoms with Crippen molar-refractivity contribution >= 4 is 23.4 Å². The maximum atomic E-state index is 13.6. The Balaban J connectivity index is 1.51. The first-order valence-corrected chi connectivity index (χ1v) is 9.52. The molecule has 0 saturated heterocycles. The summed E-state index contributed by atoms with van der Waals surface area (Å²) in [5.41, 5.74) is 1.63. The molecular formula is C19H12ClFN4O2S. The van der Waals surface area contributed by atoms with Gasteiger partial charge in [-0.15, -0.1) is 0 Å². The lowest BCUT2D eigenvalue weighted by Crippen LogP contribution is -2.08. The fourth-order valence-electron chi connectivity index (χ4n) is 2.46. The molecule has 0 unspecified atom stereocenters.